The van der Waals surface area contributed by atoms with Crippen LogP contribution in [-0.2, 0) is 0 Å². The Kier molecular flexibility index (Phi) is 4.71. The molecule has 0 saturated heterocycles. The van der Waals surface area contributed by atoms with Crippen LogP contribution in [-0.4, -0.2) is 13.2 Å². The molecule has 20 heavy (non-hydrogen) atoms. The van der Waals surface area contributed by atoms with Crippen molar-refractivity contribution >= 4 is 17.1 Å². The number of rotatable bonds is 6. The Morgan fingerprint density at radius 2 is 1.65 bits per heavy atom. The summed E-state index contributed by atoms with van der Waals surface area (Å²) in [5.41, 5.74) is 8.33. The van der Waals surface area contributed by atoms with Gasteiger partial charge >= 0.3 is 0 Å². The van der Waals surface area contributed by atoms with Gasteiger partial charge in [-0.05, 0) is 38.1 Å². The van der Waals surface area contributed by atoms with Crippen LogP contribution in [0.1, 0.15) is 13.8 Å². The average molecular weight is 272 g/mol. The first kappa shape index (κ1) is 14.1. The van der Waals surface area contributed by atoms with Crippen molar-refractivity contribution in [2.45, 2.75) is 13.8 Å². The smallest absolute Gasteiger partial charge is 0.144 e. The van der Waals surface area contributed by atoms with Crippen LogP contribution in [0.5, 0.6) is 11.5 Å². The molecule has 3 N–H and O–H groups in total. The third kappa shape index (κ3) is 3.35. The molecule has 2 aromatic carbocycles. The largest absolute Gasteiger partial charge is 0.492 e. The zero-order valence-electron chi connectivity index (χ0n) is 11.8. The Morgan fingerprint density at radius 1 is 0.950 bits per heavy atom. The van der Waals surface area contributed by atoms with Gasteiger partial charge in [-0.25, -0.2) is 0 Å². The zero-order valence-corrected chi connectivity index (χ0v) is 11.8. The SMILES string of the molecule is CCOc1cc(Nc2ccccc2OCC)ccc1N. The summed E-state index contributed by atoms with van der Waals surface area (Å²) in [7, 11) is 0. The van der Waals surface area contributed by atoms with Crippen molar-refractivity contribution in [1.82, 2.24) is 0 Å². The molecule has 0 radical (unpaired) electrons. The third-order valence-electron chi connectivity index (χ3n) is 2.78. The Bertz CT molecular complexity index is 570. The van der Waals surface area contributed by atoms with Crippen molar-refractivity contribution in [3.63, 3.8) is 0 Å². The lowest BCUT2D eigenvalue weighted by Crippen LogP contribution is -2.00. The van der Waals surface area contributed by atoms with Gasteiger partial charge < -0.3 is 20.5 Å². The molecule has 0 aliphatic rings. The molecule has 0 heterocycles. The molecule has 0 aliphatic carbocycles. The maximum atomic E-state index is 5.87. The van der Waals surface area contributed by atoms with Gasteiger partial charge in [-0.15, -0.1) is 0 Å². The molecule has 2 aromatic rings. The second-order valence-electron chi connectivity index (χ2n) is 4.24. The topological polar surface area (TPSA) is 56.5 Å². The van der Waals surface area contributed by atoms with Crippen LogP contribution in [0, 0.1) is 0 Å². The van der Waals surface area contributed by atoms with E-state index in [2.05, 4.69) is 5.32 Å². The zero-order chi connectivity index (χ0) is 14.4. The molecule has 0 aliphatic heterocycles. The summed E-state index contributed by atoms with van der Waals surface area (Å²) in [5.74, 6) is 1.51. The van der Waals surface area contributed by atoms with Gasteiger partial charge in [0.15, 0.2) is 0 Å². The van der Waals surface area contributed by atoms with Gasteiger partial charge in [-0.1, -0.05) is 12.1 Å². The first-order valence-electron chi connectivity index (χ1n) is 6.75. The minimum atomic E-state index is 0.586. The van der Waals surface area contributed by atoms with E-state index in [4.69, 9.17) is 15.2 Å². The molecule has 0 spiro atoms. The summed E-state index contributed by atoms with van der Waals surface area (Å²) >= 11 is 0. The molecule has 0 saturated carbocycles. The Balaban J connectivity index is 2.23. The maximum absolute atomic E-state index is 5.87. The molecule has 4 nitrogen and oxygen atoms in total. The lowest BCUT2D eigenvalue weighted by Gasteiger charge is -2.14. The van der Waals surface area contributed by atoms with Crippen LogP contribution < -0.4 is 20.5 Å². The molecule has 0 fully saturated rings. The van der Waals surface area contributed by atoms with Crippen molar-refractivity contribution in [1.29, 1.82) is 0 Å². The highest BCUT2D eigenvalue weighted by atomic mass is 16.5. The summed E-state index contributed by atoms with van der Waals surface area (Å²) < 4.78 is 11.1. The highest BCUT2D eigenvalue weighted by Crippen LogP contribution is 2.31. The number of ether oxygens (including phenoxy) is 2. The van der Waals surface area contributed by atoms with E-state index in [1.807, 2.05) is 56.3 Å². The summed E-state index contributed by atoms with van der Waals surface area (Å²) in [6.45, 7) is 5.12. The summed E-state index contributed by atoms with van der Waals surface area (Å²) in [6.07, 6.45) is 0. The van der Waals surface area contributed by atoms with E-state index in [9.17, 15) is 0 Å². The van der Waals surface area contributed by atoms with Gasteiger partial charge in [0, 0.05) is 11.8 Å². The molecular weight excluding hydrogens is 252 g/mol. The first-order valence-corrected chi connectivity index (χ1v) is 6.75. The van der Waals surface area contributed by atoms with Gasteiger partial charge in [-0.3, -0.25) is 0 Å². The second-order valence-corrected chi connectivity index (χ2v) is 4.24. The van der Waals surface area contributed by atoms with Crippen molar-refractivity contribution in [2.75, 3.05) is 24.3 Å². The fourth-order valence-electron chi connectivity index (χ4n) is 1.90. The average Bonchev–Trinajstić information content (AvgIpc) is 2.45. The second kappa shape index (κ2) is 6.70. The maximum Gasteiger partial charge on any atom is 0.144 e. The van der Waals surface area contributed by atoms with Crippen molar-refractivity contribution in [3.8, 4) is 11.5 Å². The van der Waals surface area contributed by atoms with E-state index in [0.717, 1.165) is 17.1 Å². The fourth-order valence-corrected chi connectivity index (χ4v) is 1.90. The number of hydrogen-bond donors (Lipinski definition) is 2. The van der Waals surface area contributed by atoms with Gasteiger partial charge in [0.05, 0.1) is 24.6 Å². The van der Waals surface area contributed by atoms with E-state index in [1.54, 1.807) is 0 Å². The number of anilines is 3. The lowest BCUT2D eigenvalue weighted by molar-refractivity contribution is 0.341. The summed E-state index contributed by atoms with van der Waals surface area (Å²) in [6, 6.07) is 13.5. The first-order chi connectivity index (χ1) is 9.74. The van der Waals surface area contributed by atoms with Gasteiger partial charge in [0.1, 0.15) is 11.5 Å². The van der Waals surface area contributed by atoms with Crippen LogP contribution >= 0.6 is 0 Å². The predicted octanol–water partition coefficient (Wildman–Crippen LogP) is 3.81. The van der Waals surface area contributed by atoms with Gasteiger partial charge in [0.25, 0.3) is 0 Å². The molecule has 106 valence electrons. The molecule has 0 amide bonds. The normalized spacial score (nSPS) is 10.1. The van der Waals surface area contributed by atoms with E-state index in [1.165, 1.54) is 0 Å². The van der Waals surface area contributed by atoms with Gasteiger partial charge in [0.2, 0.25) is 0 Å². The molecule has 0 bridgehead atoms. The standard InChI is InChI=1S/C16H20N2O2/c1-3-19-15-8-6-5-7-14(15)18-12-9-10-13(17)16(11-12)20-4-2/h5-11,18H,3-4,17H2,1-2H3. The van der Waals surface area contributed by atoms with E-state index < -0.39 is 0 Å². The van der Waals surface area contributed by atoms with Crippen molar-refractivity contribution < 1.29 is 9.47 Å². The number of benzene rings is 2. The molecule has 0 aromatic heterocycles. The predicted molar refractivity (Wildman–Crippen MR) is 82.9 cm³/mol. The van der Waals surface area contributed by atoms with E-state index in [0.29, 0.717) is 24.7 Å². The Labute approximate surface area is 119 Å². The summed E-state index contributed by atoms with van der Waals surface area (Å²) in [4.78, 5) is 0. The van der Waals surface area contributed by atoms with Crippen LogP contribution in [0.3, 0.4) is 0 Å². The Hall–Kier alpha value is -2.36. The number of nitrogens with two attached hydrogens (primary N) is 1. The highest BCUT2D eigenvalue weighted by molar-refractivity contribution is 5.70. The molecule has 0 atom stereocenters. The minimum Gasteiger partial charge on any atom is -0.492 e. The number of hydrogen-bond acceptors (Lipinski definition) is 4. The van der Waals surface area contributed by atoms with E-state index in [-0.39, 0.29) is 0 Å². The molecule has 2 rings (SSSR count). The highest BCUT2D eigenvalue weighted by Gasteiger charge is 2.05. The molecular formula is C16H20N2O2. The van der Waals surface area contributed by atoms with Crippen LogP contribution in [0.4, 0.5) is 17.1 Å². The van der Waals surface area contributed by atoms with Crippen LogP contribution in [0.2, 0.25) is 0 Å². The lowest BCUT2D eigenvalue weighted by atomic mass is 10.2. The van der Waals surface area contributed by atoms with Crippen LogP contribution in [0.25, 0.3) is 0 Å². The number of nitrogen functional groups attached to an aromatic ring is 1. The Morgan fingerprint density at radius 3 is 2.40 bits per heavy atom. The van der Waals surface area contributed by atoms with Crippen LogP contribution in [0.15, 0.2) is 42.5 Å². The molecule has 0 unspecified atom stereocenters. The summed E-state index contributed by atoms with van der Waals surface area (Å²) in [5, 5.41) is 3.32. The molecule has 4 heteroatoms. The third-order valence-corrected chi connectivity index (χ3v) is 2.78. The monoisotopic (exact) mass is 272 g/mol. The number of para-hydroxylation sites is 2. The fraction of sp³-hybridized carbons (Fsp3) is 0.250. The quantitative estimate of drug-likeness (QED) is 0.785. The van der Waals surface area contributed by atoms with Crippen molar-refractivity contribution in [2.24, 2.45) is 0 Å². The van der Waals surface area contributed by atoms with E-state index >= 15 is 0 Å². The minimum absolute atomic E-state index is 0.586. The number of nitrogens with one attached hydrogen (secondary N) is 1. The van der Waals surface area contributed by atoms with Gasteiger partial charge in [-0.2, -0.15) is 0 Å². The van der Waals surface area contributed by atoms with Crippen molar-refractivity contribution in [3.05, 3.63) is 42.5 Å².